The largest absolute Gasteiger partial charge is 0.395 e. The number of aliphatic hydroxyl groups is 1. The predicted molar refractivity (Wildman–Crippen MR) is 63.4 cm³/mol. The maximum atomic E-state index is 9.46. The highest BCUT2D eigenvalue weighted by molar-refractivity contribution is 4.90. The molecule has 17 heavy (non-hydrogen) atoms. The van der Waals surface area contributed by atoms with Gasteiger partial charge in [-0.05, 0) is 25.3 Å². The maximum absolute atomic E-state index is 9.46. The van der Waals surface area contributed by atoms with E-state index in [1.165, 1.54) is 12.8 Å². The van der Waals surface area contributed by atoms with Crippen LogP contribution in [0.1, 0.15) is 38.4 Å². The molecule has 0 saturated carbocycles. The first-order valence-electron chi connectivity index (χ1n) is 6.41. The third kappa shape index (κ3) is 2.84. The van der Waals surface area contributed by atoms with Crippen molar-refractivity contribution in [3.63, 3.8) is 0 Å². The highest BCUT2D eigenvalue weighted by Gasteiger charge is 2.28. The third-order valence-electron chi connectivity index (χ3n) is 3.57. The summed E-state index contributed by atoms with van der Waals surface area (Å²) in [4.78, 5) is 6.58. The molecule has 1 aromatic rings. The van der Waals surface area contributed by atoms with Crippen molar-refractivity contribution in [3.05, 3.63) is 11.7 Å². The Bertz CT molecular complexity index is 353. The third-order valence-corrected chi connectivity index (χ3v) is 3.57. The zero-order chi connectivity index (χ0) is 12.3. The second-order valence-corrected chi connectivity index (χ2v) is 4.80. The van der Waals surface area contributed by atoms with E-state index in [0.717, 1.165) is 18.8 Å². The molecule has 2 unspecified atom stereocenters. The van der Waals surface area contributed by atoms with E-state index in [1.807, 2.05) is 6.92 Å². The molecule has 96 valence electrons. The topological polar surface area (TPSA) is 62.4 Å². The Kier molecular flexibility index (Phi) is 4.12. The molecular weight excluding hydrogens is 218 g/mol. The van der Waals surface area contributed by atoms with Gasteiger partial charge in [-0.1, -0.05) is 19.0 Å². The predicted octanol–water partition coefficient (Wildman–Crippen LogP) is 1.22. The number of hydrogen-bond donors (Lipinski definition) is 1. The fraction of sp³-hybridized carbons (Fsp3) is 0.833. The van der Waals surface area contributed by atoms with E-state index in [2.05, 4.69) is 22.0 Å². The molecule has 0 bridgehead atoms. The zero-order valence-electron chi connectivity index (χ0n) is 10.6. The SMILES string of the molecule is CCc1nc(CN2CCCC(C)C2CO)no1. The van der Waals surface area contributed by atoms with Crippen LogP contribution < -0.4 is 0 Å². The van der Waals surface area contributed by atoms with Crippen molar-refractivity contribution < 1.29 is 9.63 Å². The summed E-state index contributed by atoms with van der Waals surface area (Å²) in [5, 5.41) is 13.4. The molecule has 5 heteroatoms. The molecule has 1 aliphatic heterocycles. The minimum absolute atomic E-state index is 0.208. The summed E-state index contributed by atoms with van der Waals surface area (Å²) < 4.78 is 5.10. The minimum Gasteiger partial charge on any atom is -0.395 e. The lowest BCUT2D eigenvalue weighted by Crippen LogP contribution is -2.46. The van der Waals surface area contributed by atoms with Crippen LogP contribution in [0.25, 0.3) is 0 Å². The monoisotopic (exact) mass is 239 g/mol. The van der Waals surface area contributed by atoms with Gasteiger partial charge in [0.25, 0.3) is 0 Å². The maximum Gasteiger partial charge on any atom is 0.226 e. The second-order valence-electron chi connectivity index (χ2n) is 4.80. The Hall–Kier alpha value is -0.940. The molecule has 1 fully saturated rings. The molecule has 1 saturated heterocycles. The summed E-state index contributed by atoms with van der Waals surface area (Å²) in [6.07, 6.45) is 3.14. The van der Waals surface area contributed by atoms with Crippen LogP contribution in [0.3, 0.4) is 0 Å². The van der Waals surface area contributed by atoms with Crippen molar-refractivity contribution in [2.75, 3.05) is 13.2 Å². The van der Waals surface area contributed by atoms with Gasteiger partial charge in [0.1, 0.15) is 0 Å². The number of piperidine rings is 1. The number of hydrogen-bond acceptors (Lipinski definition) is 5. The molecule has 2 heterocycles. The second kappa shape index (κ2) is 5.60. The molecule has 2 atom stereocenters. The van der Waals surface area contributed by atoms with Crippen LogP contribution in [0.15, 0.2) is 4.52 Å². The van der Waals surface area contributed by atoms with Crippen molar-refractivity contribution in [2.45, 2.75) is 45.7 Å². The highest BCUT2D eigenvalue weighted by atomic mass is 16.5. The lowest BCUT2D eigenvalue weighted by atomic mass is 9.91. The molecule has 5 nitrogen and oxygen atoms in total. The number of aromatic nitrogens is 2. The molecule has 1 aromatic heterocycles. The lowest BCUT2D eigenvalue weighted by Gasteiger charge is -2.38. The van der Waals surface area contributed by atoms with Crippen LogP contribution >= 0.6 is 0 Å². The van der Waals surface area contributed by atoms with Gasteiger partial charge in [-0.25, -0.2) is 0 Å². The Labute approximate surface area is 102 Å². The minimum atomic E-state index is 0.208. The fourth-order valence-electron chi connectivity index (χ4n) is 2.51. The van der Waals surface area contributed by atoms with E-state index >= 15 is 0 Å². The van der Waals surface area contributed by atoms with Gasteiger partial charge in [0.05, 0.1) is 13.2 Å². The normalized spacial score (nSPS) is 26.3. The molecule has 1 N–H and O–H groups in total. The van der Waals surface area contributed by atoms with Crippen LogP contribution in [0.4, 0.5) is 0 Å². The van der Waals surface area contributed by atoms with E-state index in [9.17, 15) is 5.11 Å². The summed E-state index contributed by atoms with van der Waals surface area (Å²) in [6, 6.07) is 0.229. The Morgan fingerprint density at radius 3 is 3.00 bits per heavy atom. The van der Waals surface area contributed by atoms with Gasteiger partial charge >= 0.3 is 0 Å². The van der Waals surface area contributed by atoms with Gasteiger partial charge in [-0.15, -0.1) is 0 Å². The van der Waals surface area contributed by atoms with E-state index in [4.69, 9.17) is 4.52 Å². The fourth-order valence-corrected chi connectivity index (χ4v) is 2.51. The van der Waals surface area contributed by atoms with Crippen LogP contribution in [0.2, 0.25) is 0 Å². The van der Waals surface area contributed by atoms with Gasteiger partial charge in [0, 0.05) is 12.5 Å². The molecule has 1 aliphatic rings. The van der Waals surface area contributed by atoms with Crippen molar-refractivity contribution in [3.8, 4) is 0 Å². The highest BCUT2D eigenvalue weighted by Crippen LogP contribution is 2.24. The first-order chi connectivity index (χ1) is 8.24. The Balaban J connectivity index is 2.00. The Morgan fingerprint density at radius 2 is 2.35 bits per heavy atom. The molecule has 0 amide bonds. The van der Waals surface area contributed by atoms with Gasteiger partial charge in [-0.3, -0.25) is 4.90 Å². The standard InChI is InChI=1S/C12H21N3O2/c1-3-12-13-11(14-17-12)7-15-6-4-5-9(2)10(15)8-16/h9-10,16H,3-8H2,1-2H3. The molecular formula is C12H21N3O2. The summed E-state index contributed by atoms with van der Waals surface area (Å²) in [6.45, 7) is 6.09. The van der Waals surface area contributed by atoms with Crippen LogP contribution in [0, 0.1) is 5.92 Å². The number of likely N-dealkylation sites (tertiary alicyclic amines) is 1. The smallest absolute Gasteiger partial charge is 0.226 e. The van der Waals surface area contributed by atoms with Gasteiger partial charge in [0.15, 0.2) is 5.82 Å². The van der Waals surface area contributed by atoms with Gasteiger partial charge < -0.3 is 9.63 Å². The summed E-state index contributed by atoms with van der Waals surface area (Å²) in [5.41, 5.74) is 0. The first-order valence-corrected chi connectivity index (χ1v) is 6.41. The average Bonchev–Trinajstić information content (AvgIpc) is 2.77. The van der Waals surface area contributed by atoms with E-state index < -0.39 is 0 Å². The lowest BCUT2D eigenvalue weighted by molar-refractivity contribution is 0.0449. The quantitative estimate of drug-likeness (QED) is 0.856. The number of rotatable bonds is 4. The molecule has 0 spiro atoms. The summed E-state index contributed by atoms with van der Waals surface area (Å²) in [5.74, 6) is 1.95. The van der Waals surface area contributed by atoms with Gasteiger partial charge in [0.2, 0.25) is 5.89 Å². The van der Waals surface area contributed by atoms with Crippen molar-refractivity contribution in [2.24, 2.45) is 5.92 Å². The Morgan fingerprint density at radius 1 is 1.53 bits per heavy atom. The summed E-state index contributed by atoms with van der Waals surface area (Å²) >= 11 is 0. The van der Waals surface area contributed by atoms with Crippen molar-refractivity contribution >= 4 is 0 Å². The van der Waals surface area contributed by atoms with Crippen molar-refractivity contribution in [1.29, 1.82) is 0 Å². The van der Waals surface area contributed by atoms with E-state index in [-0.39, 0.29) is 12.6 Å². The average molecular weight is 239 g/mol. The van der Waals surface area contributed by atoms with Crippen LogP contribution in [-0.2, 0) is 13.0 Å². The molecule has 0 aromatic carbocycles. The number of nitrogens with zero attached hydrogens (tertiary/aromatic N) is 3. The van der Waals surface area contributed by atoms with E-state index in [0.29, 0.717) is 18.4 Å². The molecule has 0 radical (unpaired) electrons. The summed E-state index contributed by atoms with van der Waals surface area (Å²) in [7, 11) is 0. The first kappa shape index (κ1) is 12.5. The van der Waals surface area contributed by atoms with Gasteiger partial charge in [-0.2, -0.15) is 4.98 Å². The van der Waals surface area contributed by atoms with E-state index in [1.54, 1.807) is 0 Å². The molecule has 0 aliphatic carbocycles. The van der Waals surface area contributed by atoms with Crippen LogP contribution in [-0.4, -0.2) is 39.3 Å². The van der Waals surface area contributed by atoms with Crippen LogP contribution in [0.5, 0.6) is 0 Å². The number of aliphatic hydroxyl groups excluding tert-OH is 1. The number of aryl methyl sites for hydroxylation is 1. The molecule has 2 rings (SSSR count). The zero-order valence-corrected chi connectivity index (χ0v) is 10.6. The van der Waals surface area contributed by atoms with Crippen molar-refractivity contribution in [1.82, 2.24) is 15.0 Å².